The molecule has 0 saturated carbocycles. The van der Waals surface area contributed by atoms with Crippen LogP contribution in [0.1, 0.15) is 25.5 Å². The van der Waals surface area contributed by atoms with E-state index in [2.05, 4.69) is 60.2 Å². The smallest absolute Gasteiger partial charge is 0.124 e. The molecule has 0 fully saturated rings. The van der Waals surface area contributed by atoms with Crippen LogP contribution in [0.3, 0.4) is 0 Å². The van der Waals surface area contributed by atoms with Crippen LogP contribution in [0.4, 0.5) is 0 Å². The highest BCUT2D eigenvalue weighted by molar-refractivity contribution is 9.10. The molecule has 18 heavy (non-hydrogen) atoms. The van der Waals surface area contributed by atoms with Gasteiger partial charge in [0.15, 0.2) is 0 Å². The molecule has 0 spiro atoms. The molecule has 0 radical (unpaired) electrons. The average Bonchev–Trinajstić information content (AvgIpc) is 2.29. The maximum absolute atomic E-state index is 6.03. The van der Waals surface area contributed by atoms with Gasteiger partial charge in [0, 0.05) is 22.6 Å². The average molecular weight is 315 g/mol. The first-order chi connectivity index (χ1) is 8.43. The van der Waals surface area contributed by atoms with Crippen LogP contribution in [-0.2, 0) is 0 Å². The molecule has 1 aromatic carbocycles. The first kappa shape index (κ1) is 15.5. The number of halogens is 1. The van der Waals surface area contributed by atoms with Crippen LogP contribution in [0.25, 0.3) is 0 Å². The van der Waals surface area contributed by atoms with Crippen molar-refractivity contribution in [3.8, 4) is 5.75 Å². The fourth-order valence-corrected chi connectivity index (χ4v) is 2.27. The fraction of sp³-hybridized carbons (Fsp3) is 0.571. The Bertz CT molecular complexity index is 382. The van der Waals surface area contributed by atoms with Crippen molar-refractivity contribution in [2.24, 2.45) is 0 Å². The number of ether oxygens (including phenoxy) is 1. The van der Waals surface area contributed by atoms with Gasteiger partial charge in [0.2, 0.25) is 0 Å². The second kappa shape index (κ2) is 7.12. The maximum atomic E-state index is 6.03. The van der Waals surface area contributed by atoms with Gasteiger partial charge < -0.3 is 15.0 Å². The Balaban J connectivity index is 2.87. The topological polar surface area (TPSA) is 24.5 Å². The molecule has 2 unspecified atom stereocenters. The molecule has 0 aliphatic heterocycles. The van der Waals surface area contributed by atoms with Crippen molar-refractivity contribution in [2.75, 3.05) is 27.7 Å². The summed E-state index contributed by atoms with van der Waals surface area (Å²) in [6.07, 6.45) is 0.170. The zero-order valence-electron chi connectivity index (χ0n) is 11.8. The van der Waals surface area contributed by atoms with E-state index in [1.807, 2.05) is 19.2 Å². The molecule has 1 rings (SSSR count). The van der Waals surface area contributed by atoms with Gasteiger partial charge in [0.25, 0.3) is 0 Å². The highest BCUT2D eigenvalue weighted by atomic mass is 79.9. The number of nitrogens with zero attached hydrogens (tertiary/aromatic N) is 1. The summed E-state index contributed by atoms with van der Waals surface area (Å²) in [7, 11) is 6.07. The van der Waals surface area contributed by atoms with Gasteiger partial charge in [0.05, 0.1) is 0 Å². The quantitative estimate of drug-likeness (QED) is 0.873. The van der Waals surface area contributed by atoms with Gasteiger partial charge in [-0.05, 0) is 53.2 Å². The van der Waals surface area contributed by atoms with Crippen molar-refractivity contribution < 1.29 is 4.74 Å². The lowest BCUT2D eigenvalue weighted by molar-refractivity contribution is 0.174. The summed E-state index contributed by atoms with van der Waals surface area (Å²) in [6.45, 7) is 5.13. The van der Waals surface area contributed by atoms with E-state index in [1.165, 1.54) is 5.56 Å². The lowest BCUT2D eigenvalue weighted by atomic mass is 10.1. The molecule has 0 bridgehead atoms. The largest absolute Gasteiger partial charge is 0.489 e. The lowest BCUT2D eigenvalue weighted by Crippen LogP contribution is -2.28. The van der Waals surface area contributed by atoms with Gasteiger partial charge >= 0.3 is 0 Å². The molecular weight excluding hydrogens is 292 g/mol. The SMILES string of the molecule is CNC(C)c1cc(Br)ccc1OC(C)CN(C)C. The zero-order chi connectivity index (χ0) is 13.7. The molecule has 1 N–H and O–H groups in total. The van der Waals surface area contributed by atoms with Crippen LogP contribution >= 0.6 is 15.9 Å². The first-order valence-corrected chi connectivity index (χ1v) is 7.01. The summed E-state index contributed by atoms with van der Waals surface area (Å²) in [5.41, 5.74) is 1.18. The Kier molecular flexibility index (Phi) is 6.12. The van der Waals surface area contributed by atoms with Gasteiger partial charge in [-0.15, -0.1) is 0 Å². The molecule has 0 aliphatic carbocycles. The summed E-state index contributed by atoms with van der Waals surface area (Å²) < 4.78 is 7.11. The van der Waals surface area contributed by atoms with Crippen molar-refractivity contribution in [3.63, 3.8) is 0 Å². The van der Waals surface area contributed by atoms with Crippen molar-refractivity contribution in [3.05, 3.63) is 28.2 Å². The Hall–Kier alpha value is -0.580. The standard InChI is InChI=1S/C14H23BrN2O/c1-10(9-17(4)5)18-14-7-6-12(15)8-13(14)11(2)16-3/h6-8,10-11,16H,9H2,1-5H3. The molecular formula is C14H23BrN2O. The molecule has 0 aliphatic rings. The molecule has 1 aromatic rings. The zero-order valence-corrected chi connectivity index (χ0v) is 13.4. The number of benzene rings is 1. The van der Waals surface area contributed by atoms with Gasteiger partial charge in [0.1, 0.15) is 11.9 Å². The van der Waals surface area contributed by atoms with Crippen molar-refractivity contribution >= 4 is 15.9 Å². The first-order valence-electron chi connectivity index (χ1n) is 6.22. The Morgan fingerprint density at radius 1 is 1.33 bits per heavy atom. The van der Waals surface area contributed by atoms with E-state index in [4.69, 9.17) is 4.74 Å². The van der Waals surface area contributed by atoms with E-state index < -0.39 is 0 Å². The van der Waals surface area contributed by atoms with E-state index in [9.17, 15) is 0 Å². The summed E-state index contributed by atoms with van der Waals surface area (Å²) >= 11 is 3.51. The third-order valence-corrected chi connectivity index (χ3v) is 3.32. The van der Waals surface area contributed by atoms with E-state index in [1.54, 1.807) is 0 Å². The summed E-state index contributed by atoms with van der Waals surface area (Å²) in [6, 6.07) is 6.42. The fourth-order valence-electron chi connectivity index (χ4n) is 1.89. The summed E-state index contributed by atoms with van der Waals surface area (Å²) in [5, 5.41) is 3.25. The van der Waals surface area contributed by atoms with Crippen molar-refractivity contribution in [1.29, 1.82) is 0 Å². The molecule has 2 atom stereocenters. The molecule has 0 amide bonds. The van der Waals surface area contributed by atoms with Crippen LogP contribution in [0, 0.1) is 0 Å². The summed E-state index contributed by atoms with van der Waals surface area (Å²) in [4.78, 5) is 2.13. The predicted molar refractivity (Wildman–Crippen MR) is 80.3 cm³/mol. The molecule has 0 heterocycles. The number of nitrogens with one attached hydrogen (secondary N) is 1. The second-order valence-corrected chi connectivity index (χ2v) is 5.80. The minimum Gasteiger partial charge on any atom is -0.489 e. The minimum absolute atomic E-state index is 0.170. The van der Waals surface area contributed by atoms with E-state index in [0.29, 0.717) is 0 Å². The molecule has 102 valence electrons. The van der Waals surface area contributed by atoms with Crippen molar-refractivity contribution in [2.45, 2.75) is 26.0 Å². The molecule has 3 nitrogen and oxygen atoms in total. The normalized spacial score (nSPS) is 14.6. The van der Waals surface area contributed by atoms with Crippen LogP contribution in [-0.4, -0.2) is 38.7 Å². The second-order valence-electron chi connectivity index (χ2n) is 4.88. The predicted octanol–water partition coefficient (Wildman–Crippen LogP) is 3.06. The number of hydrogen-bond acceptors (Lipinski definition) is 3. The molecule has 4 heteroatoms. The third kappa shape index (κ3) is 4.59. The monoisotopic (exact) mass is 314 g/mol. The van der Waals surface area contributed by atoms with E-state index >= 15 is 0 Å². The highest BCUT2D eigenvalue weighted by Crippen LogP contribution is 2.29. The minimum atomic E-state index is 0.170. The molecule has 0 aromatic heterocycles. The number of rotatable bonds is 6. The lowest BCUT2D eigenvalue weighted by Gasteiger charge is -2.22. The van der Waals surface area contributed by atoms with E-state index in [-0.39, 0.29) is 12.1 Å². The Morgan fingerprint density at radius 3 is 2.56 bits per heavy atom. The van der Waals surface area contributed by atoms with Gasteiger partial charge in [-0.2, -0.15) is 0 Å². The number of likely N-dealkylation sites (N-methyl/N-ethyl adjacent to an activating group) is 1. The third-order valence-electron chi connectivity index (χ3n) is 2.82. The molecule has 0 saturated heterocycles. The maximum Gasteiger partial charge on any atom is 0.124 e. The van der Waals surface area contributed by atoms with E-state index in [0.717, 1.165) is 16.8 Å². The Labute approximate surface area is 119 Å². The van der Waals surface area contributed by atoms with Crippen LogP contribution in [0.2, 0.25) is 0 Å². The number of hydrogen-bond donors (Lipinski definition) is 1. The van der Waals surface area contributed by atoms with Crippen molar-refractivity contribution in [1.82, 2.24) is 10.2 Å². The summed E-state index contributed by atoms with van der Waals surface area (Å²) in [5.74, 6) is 0.953. The van der Waals surface area contributed by atoms with Gasteiger partial charge in [-0.1, -0.05) is 15.9 Å². The van der Waals surface area contributed by atoms with Crippen LogP contribution < -0.4 is 10.1 Å². The highest BCUT2D eigenvalue weighted by Gasteiger charge is 2.13. The van der Waals surface area contributed by atoms with Gasteiger partial charge in [-0.25, -0.2) is 0 Å². The van der Waals surface area contributed by atoms with Crippen LogP contribution in [0.15, 0.2) is 22.7 Å². The van der Waals surface area contributed by atoms with Crippen LogP contribution in [0.5, 0.6) is 5.75 Å². The van der Waals surface area contributed by atoms with Gasteiger partial charge in [-0.3, -0.25) is 0 Å². The Morgan fingerprint density at radius 2 is 2.00 bits per heavy atom.